The van der Waals surface area contributed by atoms with Crippen LogP contribution in [-0.4, -0.2) is 5.78 Å². The summed E-state index contributed by atoms with van der Waals surface area (Å²) in [6, 6.07) is 2.12. The lowest BCUT2D eigenvalue weighted by atomic mass is 8.96. The maximum absolute atomic E-state index is 12.1. The number of rotatable bonds is 2. The van der Waals surface area contributed by atoms with Crippen LogP contribution in [0.3, 0.4) is 0 Å². The predicted molar refractivity (Wildman–Crippen MR) is 46.6 cm³/mol. The zero-order valence-electron chi connectivity index (χ0n) is 7.97. The Kier molecular flexibility index (Phi) is 0.650. The second-order valence-electron chi connectivity index (χ2n) is 6.03. The molecule has 14 heavy (non-hydrogen) atoms. The minimum absolute atomic E-state index is 0.0872. The van der Waals surface area contributed by atoms with E-state index in [9.17, 15) is 4.79 Å². The van der Waals surface area contributed by atoms with E-state index < -0.39 is 0 Å². The molecule has 6 aliphatic rings. The number of hydrogen-bond donors (Lipinski definition) is 0. The SMILES string of the molecule is CC(C#N)C(=O)C12C3C4C5C3C1C5C42. The van der Waals surface area contributed by atoms with Gasteiger partial charge in [-0.25, -0.2) is 0 Å². The van der Waals surface area contributed by atoms with Crippen LogP contribution >= 0.6 is 0 Å². The molecule has 0 N–H and O–H groups in total. The van der Waals surface area contributed by atoms with Crippen LogP contribution in [0.4, 0.5) is 0 Å². The Hall–Kier alpha value is -0.840. The molecule has 0 bridgehead atoms. The summed E-state index contributed by atoms with van der Waals surface area (Å²) >= 11 is 0. The van der Waals surface area contributed by atoms with Gasteiger partial charge in [-0.15, -0.1) is 0 Å². The molecule has 0 aliphatic heterocycles. The maximum atomic E-state index is 12.1. The van der Waals surface area contributed by atoms with Crippen LogP contribution in [0.5, 0.6) is 0 Å². The Morgan fingerprint density at radius 3 is 2.14 bits per heavy atom. The summed E-state index contributed by atoms with van der Waals surface area (Å²) in [5.41, 5.74) is 0.0872. The molecule has 0 radical (unpaired) electrons. The van der Waals surface area contributed by atoms with Crippen molar-refractivity contribution < 1.29 is 4.79 Å². The van der Waals surface area contributed by atoms with Gasteiger partial charge in [0.1, 0.15) is 5.92 Å². The average molecular weight is 185 g/mol. The molecule has 0 aromatic rings. The van der Waals surface area contributed by atoms with Gasteiger partial charge in [0.15, 0.2) is 5.78 Å². The quantitative estimate of drug-likeness (QED) is 0.646. The molecule has 1 unspecified atom stereocenters. The Bertz CT molecular complexity index is 395. The molecule has 2 nitrogen and oxygen atoms in total. The summed E-state index contributed by atoms with van der Waals surface area (Å²) in [6.45, 7) is 1.78. The standard InChI is InChI=1S/C12H11NO/c1-3(2-13)11(14)12-8-5-4-6(8)10(12)7(4)9(5)12/h3-10H,1H3. The van der Waals surface area contributed by atoms with Crippen molar-refractivity contribution in [3.63, 3.8) is 0 Å². The van der Waals surface area contributed by atoms with E-state index in [1.165, 1.54) is 0 Å². The first kappa shape index (κ1) is 6.61. The van der Waals surface area contributed by atoms with Gasteiger partial charge >= 0.3 is 0 Å². The van der Waals surface area contributed by atoms with Crippen molar-refractivity contribution in [2.75, 3.05) is 0 Å². The van der Waals surface area contributed by atoms with Crippen LogP contribution in [0.15, 0.2) is 0 Å². The highest BCUT2D eigenvalue weighted by Crippen LogP contribution is 3.06. The molecule has 0 aromatic carbocycles. The van der Waals surface area contributed by atoms with E-state index in [1.807, 2.05) is 0 Å². The monoisotopic (exact) mass is 185 g/mol. The molecule has 1 atom stereocenters. The van der Waals surface area contributed by atoms with E-state index in [-0.39, 0.29) is 11.3 Å². The highest BCUT2D eigenvalue weighted by atomic mass is 16.1. The first-order valence-electron chi connectivity index (χ1n) is 5.70. The zero-order chi connectivity index (χ0) is 9.40. The first-order valence-corrected chi connectivity index (χ1v) is 5.70. The van der Waals surface area contributed by atoms with Gasteiger partial charge in [-0.1, -0.05) is 0 Å². The Balaban J connectivity index is 1.58. The van der Waals surface area contributed by atoms with E-state index in [0.717, 1.165) is 41.4 Å². The zero-order valence-corrected chi connectivity index (χ0v) is 7.97. The van der Waals surface area contributed by atoms with Crippen molar-refractivity contribution >= 4 is 5.78 Å². The maximum Gasteiger partial charge on any atom is 0.156 e. The third-order valence-electron chi connectivity index (χ3n) is 6.49. The lowest BCUT2D eigenvalue weighted by Crippen LogP contribution is -3.06. The van der Waals surface area contributed by atoms with E-state index in [4.69, 9.17) is 5.26 Å². The first-order chi connectivity index (χ1) is 6.76. The fraction of sp³-hybridized carbons (Fsp3) is 0.833. The van der Waals surface area contributed by atoms with Crippen LogP contribution in [0, 0.1) is 64.1 Å². The summed E-state index contributed by atoms with van der Waals surface area (Å²) in [4.78, 5) is 12.1. The van der Waals surface area contributed by atoms with Crippen molar-refractivity contribution in [3.8, 4) is 6.07 Å². The van der Waals surface area contributed by atoms with Crippen molar-refractivity contribution in [1.82, 2.24) is 0 Å². The number of ketones is 1. The summed E-state index contributed by atoms with van der Waals surface area (Å²) in [6.07, 6.45) is 0. The van der Waals surface area contributed by atoms with Gasteiger partial charge in [-0.3, -0.25) is 4.79 Å². The Labute approximate surface area is 82.3 Å². The van der Waals surface area contributed by atoms with Crippen LogP contribution in [0.25, 0.3) is 0 Å². The van der Waals surface area contributed by atoms with Gasteiger partial charge in [-0.05, 0) is 48.3 Å². The lowest BCUT2D eigenvalue weighted by Gasteiger charge is -3.07. The molecule has 70 valence electrons. The molecule has 6 fully saturated rings. The Morgan fingerprint density at radius 1 is 1.21 bits per heavy atom. The third kappa shape index (κ3) is 0.271. The lowest BCUT2D eigenvalue weighted by molar-refractivity contribution is -0.596. The van der Waals surface area contributed by atoms with Gasteiger partial charge in [0.25, 0.3) is 0 Å². The van der Waals surface area contributed by atoms with E-state index >= 15 is 0 Å². The summed E-state index contributed by atoms with van der Waals surface area (Å²) < 4.78 is 0. The fourth-order valence-corrected chi connectivity index (χ4v) is 6.36. The molecule has 6 rings (SSSR count). The molecular formula is C12H11NO. The third-order valence-corrected chi connectivity index (χ3v) is 6.49. The second-order valence-corrected chi connectivity index (χ2v) is 6.03. The predicted octanol–water partition coefficient (Wildman–Crippen LogP) is 1.08. The number of nitriles is 1. The molecule has 2 heteroatoms. The van der Waals surface area contributed by atoms with Gasteiger partial charge in [0.05, 0.1) is 6.07 Å². The highest BCUT2D eigenvalue weighted by molar-refractivity contribution is 5.96. The number of carbonyl (C=O) groups excluding carboxylic acids is 1. The number of hydrogen-bond acceptors (Lipinski definition) is 2. The van der Waals surface area contributed by atoms with Crippen molar-refractivity contribution in [2.24, 2.45) is 52.8 Å². The molecule has 0 amide bonds. The van der Waals surface area contributed by atoms with Gasteiger partial charge in [0.2, 0.25) is 0 Å². The fourth-order valence-electron chi connectivity index (χ4n) is 6.36. The van der Waals surface area contributed by atoms with Gasteiger partial charge in [0, 0.05) is 5.41 Å². The molecule has 0 spiro atoms. The molecule has 0 saturated heterocycles. The Morgan fingerprint density at radius 2 is 1.71 bits per heavy atom. The number of nitrogens with zero attached hydrogens (tertiary/aromatic N) is 1. The summed E-state index contributed by atoms with van der Waals surface area (Å²) in [7, 11) is 0. The molecule has 0 aromatic heterocycles. The molecule has 6 saturated carbocycles. The minimum Gasteiger partial charge on any atom is -0.298 e. The number of carbonyl (C=O) groups is 1. The van der Waals surface area contributed by atoms with E-state index in [2.05, 4.69) is 6.07 Å². The number of Topliss-reactive ketones (excluding diaryl/α,β-unsaturated/α-hetero) is 1. The van der Waals surface area contributed by atoms with Crippen LogP contribution < -0.4 is 0 Å². The topological polar surface area (TPSA) is 40.9 Å². The second kappa shape index (κ2) is 1.38. The van der Waals surface area contributed by atoms with Gasteiger partial charge < -0.3 is 0 Å². The van der Waals surface area contributed by atoms with Gasteiger partial charge in [-0.2, -0.15) is 5.26 Å². The van der Waals surface area contributed by atoms with E-state index in [0.29, 0.717) is 5.78 Å². The van der Waals surface area contributed by atoms with Crippen LogP contribution in [-0.2, 0) is 4.79 Å². The van der Waals surface area contributed by atoms with Crippen molar-refractivity contribution in [2.45, 2.75) is 6.92 Å². The molecule has 6 aliphatic carbocycles. The summed E-state index contributed by atoms with van der Waals surface area (Å²) in [5.74, 6) is 6.14. The van der Waals surface area contributed by atoms with Crippen molar-refractivity contribution in [1.29, 1.82) is 5.26 Å². The highest BCUT2D eigenvalue weighted by Gasteiger charge is 3.05. The van der Waals surface area contributed by atoms with Crippen molar-refractivity contribution in [3.05, 3.63) is 0 Å². The molecule has 0 heterocycles. The molecular weight excluding hydrogens is 174 g/mol. The van der Waals surface area contributed by atoms with E-state index in [1.54, 1.807) is 6.92 Å². The smallest absolute Gasteiger partial charge is 0.156 e. The van der Waals surface area contributed by atoms with Crippen LogP contribution in [0.1, 0.15) is 6.92 Å². The average Bonchev–Trinajstić information content (AvgIpc) is 2.27. The van der Waals surface area contributed by atoms with Crippen LogP contribution in [0.2, 0.25) is 0 Å². The summed E-state index contributed by atoms with van der Waals surface area (Å²) in [5, 5.41) is 8.81. The normalized spacial score (nSPS) is 73.6. The largest absolute Gasteiger partial charge is 0.298 e. The minimum atomic E-state index is -0.347.